The molecule has 0 fully saturated rings. The van der Waals surface area contributed by atoms with Gasteiger partial charge in [0.15, 0.2) is 5.16 Å². The molecule has 0 unspecified atom stereocenters. The Morgan fingerprint density at radius 2 is 1.93 bits per heavy atom. The number of nitrogens with zero attached hydrogens (tertiary/aromatic N) is 2. The summed E-state index contributed by atoms with van der Waals surface area (Å²) in [6, 6.07) is 11.1. The van der Waals surface area contributed by atoms with Crippen molar-refractivity contribution in [1.29, 1.82) is 0 Å². The average molecular weight is 383 g/mol. The summed E-state index contributed by atoms with van der Waals surface area (Å²) in [7, 11) is 0. The molecule has 1 heterocycles. The molecule has 140 valence electrons. The standard InChI is InChI=1S/C21H22FN3OS/c1-14-4-6-18(11-15(14)2)25-9-8-23-21(25)27-13-20(26)24-12-17-5-7-19(22)16(3)10-17/h4-11H,12-13H2,1-3H3,(H,24,26). The molecule has 4 nitrogen and oxygen atoms in total. The van der Waals surface area contributed by atoms with Gasteiger partial charge in [0.2, 0.25) is 5.91 Å². The van der Waals surface area contributed by atoms with Gasteiger partial charge in [-0.3, -0.25) is 9.36 Å². The van der Waals surface area contributed by atoms with E-state index in [2.05, 4.69) is 36.3 Å². The first-order valence-corrected chi connectivity index (χ1v) is 9.68. The number of aromatic nitrogens is 2. The summed E-state index contributed by atoms with van der Waals surface area (Å²) < 4.78 is 15.3. The summed E-state index contributed by atoms with van der Waals surface area (Å²) >= 11 is 1.39. The van der Waals surface area contributed by atoms with Gasteiger partial charge in [-0.1, -0.05) is 30.0 Å². The molecule has 0 spiro atoms. The Labute approximate surface area is 162 Å². The van der Waals surface area contributed by atoms with Gasteiger partial charge in [-0.05, 0) is 61.2 Å². The van der Waals surface area contributed by atoms with E-state index in [-0.39, 0.29) is 17.5 Å². The summed E-state index contributed by atoms with van der Waals surface area (Å²) in [6.07, 6.45) is 3.63. The number of hydrogen-bond acceptors (Lipinski definition) is 3. The summed E-state index contributed by atoms with van der Waals surface area (Å²) in [5.74, 6) is -0.0578. The molecule has 3 rings (SSSR count). The van der Waals surface area contributed by atoms with Crippen molar-refractivity contribution < 1.29 is 9.18 Å². The molecular weight excluding hydrogens is 361 g/mol. The lowest BCUT2D eigenvalue weighted by Gasteiger charge is -2.10. The lowest BCUT2D eigenvalue weighted by Crippen LogP contribution is -2.24. The van der Waals surface area contributed by atoms with E-state index in [4.69, 9.17) is 0 Å². The van der Waals surface area contributed by atoms with E-state index in [1.807, 2.05) is 16.8 Å². The Hall–Kier alpha value is -2.60. The van der Waals surface area contributed by atoms with Crippen molar-refractivity contribution in [2.45, 2.75) is 32.5 Å². The van der Waals surface area contributed by atoms with E-state index in [0.29, 0.717) is 12.1 Å². The van der Waals surface area contributed by atoms with Gasteiger partial charge in [0.25, 0.3) is 0 Å². The van der Waals surface area contributed by atoms with E-state index in [1.54, 1.807) is 25.3 Å². The molecule has 0 aliphatic rings. The molecule has 1 amide bonds. The van der Waals surface area contributed by atoms with Gasteiger partial charge < -0.3 is 5.32 Å². The third-order valence-corrected chi connectivity index (χ3v) is 5.39. The van der Waals surface area contributed by atoms with Crippen LogP contribution in [0.2, 0.25) is 0 Å². The Morgan fingerprint density at radius 1 is 1.11 bits per heavy atom. The molecule has 6 heteroatoms. The lowest BCUT2D eigenvalue weighted by atomic mass is 10.1. The SMILES string of the molecule is Cc1ccc(-n2ccnc2SCC(=O)NCc2ccc(F)c(C)c2)cc1C. The first-order chi connectivity index (χ1) is 12.9. The van der Waals surface area contributed by atoms with Crippen molar-refractivity contribution in [1.82, 2.24) is 14.9 Å². The second-order valence-corrected chi connectivity index (χ2v) is 7.44. The number of aryl methyl sites for hydroxylation is 3. The summed E-state index contributed by atoms with van der Waals surface area (Å²) in [5, 5.41) is 3.63. The summed E-state index contributed by atoms with van der Waals surface area (Å²) in [6.45, 7) is 6.25. The molecular formula is C21H22FN3OS. The van der Waals surface area contributed by atoms with Crippen LogP contribution < -0.4 is 5.32 Å². The minimum absolute atomic E-state index is 0.0865. The molecule has 1 N–H and O–H groups in total. The molecule has 0 aliphatic heterocycles. The van der Waals surface area contributed by atoms with Gasteiger partial charge in [0, 0.05) is 24.6 Å². The predicted molar refractivity (Wildman–Crippen MR) is 107 cm³/mol. The van der Waals surface area contributed by atoms with E-state index in [1.165, 1.54) is 29.0 Å². The molecule has 27 heavy (non-hydrogen) atoms. The summed E-state index contributed by atoms with van der Waals surface area (Å²) in [4.78, 5) is 16.5. The van der Waals surface area contributed by atoms with Gasteiger partial charge in [0.1, 0.15) is 5.82 Å². The molecule has 0 aliphatic carbocycles. The van der Waals surface area contributed by atoms with Crippen LogP contribution in [-0.4, -0.2) is 21.2 Å². The fraction of sp³-hybridized carbons (Fsp3) is 0.238. The second-order valence-electron chi connectivity index (χ2n) is 6.50. The van der Waals surface area contributed by atoms with Crippen LogP contribution in [0, 0.1) is 26.6 Å². The number of hydrogen-bond donors (Lipinski definition) is 1. The maximum atomic E-state index is 13.3. The highest BCUT2D eigenvalue weighted by atomic mass is 32.2. The molecule has 3 aromatic rings. The molecule has 0 atom stereocenters. The van der Waals surface area contributed by atoms with Crippen LogP contribution in [-0.2, 0) is 11.3 Å². The van der Waals surface area contributed by atoms with Gasteiger partial charge in [-0.25, -0.2) is 9.37 Å². The van der Waals surface area contributed by atoms with Crippen LogP contribution in [0.3, 0.4) is 0 Å². The number of rotatable bonds is 6. The normalized spacial score (nSPS) is 10.8. The highest BCUT2D eigenvalue weighted by molar-refractivity contribution is 7.99. The van der Waals surface area contributed by atoms with Crippen LogP contribution in [0.25, 0.3) is 5.69 Å². The van der Waals surface area contributed by atoms with Crippen LogP contribution in [0.15, 0.2) is 53.9 Å². The average Bonchev–Trinajstić information content (AvgIpc) is 3.12. The molecule has 0 saturated carbocycles. The zero-order valence-corrected chi connectivity index (χ0v) is 16.4. The molecule has 2 aromatic carbocycles. The van der Waals surface area contributed by atoms with Gasteiger partial charge in [0.05, 0.1) is 5.75 Å². The minimum atomic E-state index is -0.237. The minimum Gasteiger partial charge on any atom is -0.351 e. The van der Waals surface area contributed by atoms with Crippen molar-refractivity contribution in [3.05, 3.63) is 76.9 Å². The molecule has 1 aromatic heterocycles. The number of imidazole rings is 1. The maximum Gasteiger partial charge on any atom is 0.230 e. The zero-order chi connectivity index (χ0) is 19.4. The van der Waals surface area contributed by atoms with Crippen molar-refractivity contribution in [3.63, 3.8) is 0 Å². The first-order valence-electron chi connectivity index (χ1n) is 8.69. The number of benzene rings is 2. The Kier molecular flexibility index (Phi) is 5.96. The fourth-order valence-corrected chi connectivity index (χ4v) is 3.47. The van der Waals surface area contributed by atoms with Crippen LogP contribution >= 0.6 is 11.8 Å². The second kappa shape index (κ2) is 8.39. The monoisotopic (exact) mass is 383 g/mol. The smallest absolute Gasteiger partial charge is 0.230 e. The summed E-state index contributed by atoms with van der Waals surface area (Å²) in [5.41, 5.74) is 4.93. The first kappa shape index (κ1) is 19.2. The number of thioether (sulfide) groups is 1. The highest BCUT2D eigenvalue weighted by Crippen LogP contribution is 2.22. The molecule has 0 bridgehead atoms. The number of carbonyl (C=O) groups excluding carboxylic acids is 1. The van der Waals surface area contributed by atoms with Crippen LogP contribution in [0.4, 0.5) is 4.39 Å². The largest absolute Gasteiger partial charge is 0.351 e. The third-order valence-electron chi connectivity index (χ3n) is 4.42. The van der Waals surface area contributed by atoms with Crippen molar-refractivity contribution >= 4 is 17.7 Å². The van der Waals surface area contributed by atoms with E-state index in [9.17, 15) is 9.18 Å². The number of carbonyl (C=O) groups is 1. The van der Waals surface area contributed by atoms with Crippen molar-refractivity contribution in [2.24, 2.45) is 0 Å². The zero-order valence-electron chi connectivity index (χ0n) is 15.6. The molecule has 0 saturated heterocycles. The third kappa shape index (κ3) is 4.77. The highest BCUT2D eigenvalue weighted by Gasteiger charge is 2.10. The van der Waals surface area contributed by atoms with Crippen molar-refractivity contribution in [2.75, 3.05) is 5.75 Å². The number of halogens is 1. The topological polar surface area (TPSA) is 46.9 Å². The van der Waals surface area contributed by atoms with Crippen molar-refractivity contribution in [3.8, 4) is 5.69 Å². The van der Waals surface area contributed by atoms with Crippen LogP contribution in [0.1, 0.15) is 22.3 Å². The number of nitrogens with one attached hydrogen (secondary N) is 1. The Morgan fingerprint density at radius 3 is 2.67 bits per heavy atom. The maximum absolute atomic E-state index is 13.3. The fourth-order valence-electron chi connectivity index (χ4n) is 2.67. The predicted octanol–water partition coefficient (Wildman–Crippen LogP) is 4.35. The van der Waals surface area contributed by atoms with Gasteiger partial charge in [-0.15, -0.1) is 0 Å². The Balaban J connectivity index is 1.58. The van der Waals surface area contributed by atoms with Gasteiger partial charge >= 0.3 is 0 Å². The Bertz CT molecular complexity index is 968. The number of amides is 1. The van der Waals surface area contributed by atoms with Gasteiger partial charge in [-0.2, -0.15) is 0 Å². The van der Waals surface area contributed by atoms with E-state index in [0.717, 1.165) is 16.4 Å². The molecule has 0 radical (unpaired) electrons. The van der Waals surface area contributed by atoms with Crippen LogP contribution in [0.5, 0.6) is 0 Å². The lowest BCUT2D eigenvalue weighted by molar-refractivity contribution is -0.118. The van der Waals surface area contributed by atoms with E-state index < -0.39 is 0 Å². The quantitative estimate of drug-likeness (QED) is 0.644. The van der Waals surface area contributed by atoms with E-state index >= 15 is 0 Å².